The zero-order valence-electron chi connectivity index (χ0n) is 14.6. The summed E-state index contributed by atoms with van der Waals surface area (Å²) >= 11 is 0. The predicted molar refractivity (Wildman–Crippen MR) is 94.9 cm³/mol. The van der Waals surface area contributed by atoms with Crippen molar-refractivity contribution in [2.45, 2.75) is 44.2 Å². The largest absolute Gasteiger partial charge is 0.356 e. The fraction of sp³-hybridized carbons (Fsp3) is 0.526. The third-order valence-corrected chi connectivity index (χ3v) is 5.32. The van der Waals surface area contributed by atoms with E-state index < -0.39 is 0 Å². The van der Waals surface area contributed by atoms with Crippen molar-refractivity contribution in [2.75, 3.05) is 25.0 Å². The van der Waals surface area contributed by atoms with Crippen LogP contribution in [0.25, 0.3) is 0 Å². The molecular weight excluding hydrogens is 317 g/mol. The van der Waals surface area contributed by atoms with E-state index in [1.807, 2.05) is 12.3 Å². The van der Waals surface area contributed by atoms with Gasteiger partial charge in [-0.1, -0.05) is 0 Å². The smallest absolute Gasteiger partial charge is 0.145 e. The molecule has 0 atom stereocenters. The average Bonchev–Trinajstić information content (AvgIpc) is 3.49. The Hall–Kier alpha value is -2.08. The van der Waals surface area contributed by atoms with Gasteiger partial charge in [-0.2, -0.15) is 0 Å². The Morgan fingerprint density at radius 1 is 1.16 bits per heavy atom. The van der Waals surface area contributed by atoms with Crippen molar-refractivity contribution in [3.05, 3.63) is 47.9 Å². The first-order chi connectivity index (χ1) is 12.2. The number of pyridine rings is 1. The first kappa shape index (κ1) is 16.4. The molecule has 0 unspecified atom stereocenters. The summed E-state index contributed by atoms with van der Waals surface area (Å²) in [6, 6.07) is 4.25. The quantitative estimate of drug-likeness (QED) is 0.837. The Morgan fingerprint density at radius 3 is 2.68 bits per heavy atom. The predicted octanol–water partition coefficient (Wildman–Crippen LogP) is 2.99. The Balaban J connectivity index is 1.35. The lowest BCUT2D eigenvalue weighted by Gasteiger charge is -2.37. The number of anilines is 1. The molecule has 132 valence electrons. The molecule has 25 heavy (non-hydrogen) atoms. The molecule has 0 spiro atoms. The fourth-order valence-electron chi connectivity index (χ4n) is 3.52. The van der Waals surface area contributed by atoms with Crippen LogP contribution in [0, 0.1) is 5.82 Å². The SMILES string of the molecule is CN(c1ccnc(C2CC2)n1)C1CCN(Cc2ccncc2F)CC1. The van der Waals surface area contributed by atoms with Gasteiger partial charge < -0.3 is 4.90 Å². The number of hydrogen-bond donors (Lipinski definition) is 0. The Kier molecular flexibility index (Phi) is 4.61. The molecule has 2 aromatic rings. The zero-order valence-corrected chi connectivity index (χ0v) is 14.6. The number of aromatic nitrogens is 3. The van der Waals surface area contributed by atoms with E-state index in [4.69, 9.17) is 4.98 Å². The van der Waals surface area contributed by atoms with Crippen LogP contribution in [0.15, 0.2) is 30.7 Å². The minimum Gasteiger partial charge on any atom is -0.356 e. The number of hydrogen-bond acceptors (Lipinski definition) is 5. The Morgan fingerprint density at radius 2 is 1.96 bits per heavy atom. The highest BCUT2D eigenvalue weighted by Crippen LogP contribution is 2.38. The van der Waals surface area contributed by atoms with Gasteiger partial charge >= 0.3 is 0 Å². The molecule has 1 saturated heterocycles. The normalized spacial score (nSPS) is 19.1. The van der Waals surface area contributed by atoms with Gasteiger partial charge in [0.05, 0.1) is 6.20 Å². The van der Waals surface area contributed by atoms with Crippen LogP contribution < -0.4 is 4.90 Å². The lowest BCUT2D eigenvalue weighted by molar-refractivity contribution is 0.201. The van der Waals surface area contributed by atoms with Crippen LogP contribution in [0.5, 0.6) is 0 Å². The summed E-state index contributed by atoms with van der Waals surface area (Å²) in [6.07, 6.45) is 9.40. The molecule has 0 radical (unpaired) electrons. The summed E-state index contributed by atoms with van der Waals surface area (Å²) in [6.45, 7) is 2.60. The highest BCUT2D eigenvalue weighted by molar-refractivity contribution is 5.38. The van der Waals surface area contributed by atoms with Gasteiger partial charge in [-0.25, -0.2) is 14.4 Å². The Bertz CT molecular complexity index is 725. The molecule has 0 aromatic carbocycles. The van der Waals surface area contributed by atoms with Crippen LogP contribution >= 0.6 is 0 Å². The average molecular weight is 341 g/mol. The van der Waals surface area contributed by atoms with Gasteiger partial charge in [0.1, 0.15) is 17.5 Å². The van der Waals surface area contributed by atoms with E-state index in [-0.39, 0.29) is 5.82 Å². The molecule has 0 amide bonds. The number of rotatable bonds is 5. The first-order valence-corrected chi connectivity index (χ1v) is 9.07. The number of halogens is 1. The summed E-state index contributed by atoms with van der Waals surface area (Å²) in [7, 11) is 2.13. The van der Waals surface area contributed by atoms with E-state index in [2.05, 4.69) is 26.8 Å². The van der Waals surface area contributed by atoms with Crippen molar-refractivity contribution in [3.8, 4) is 0 Å². The minimum absolute atomic E-state index is 0.213. The van der Waals surface area contributed by atoms with Gasteiger partial charge in [-0.3, -0.25) is 9.88 Å². The van der Waals surface area contributed by atoms with E-state index >= 15 is 0 Å². The van der Waals surface area contributed by atoms with Crippen LogP contribution in [-0.4, -0.2) is 46.0 Å². The molecule has 5 nitrogen and oxygen atoms in total. The molecular formula is C19H24FN5. The Labute approximate surface area is 147 Å². The van der Waals surface area contributed by atoms with E-state index in [1.165, 1.54) is 19.0 Å². The summed E-state index contributed by atoms with van der Waals surface area (Å²) in [4.78, 5) is 17.6. The molecule has 0 bridgehead atoms. The highest BCUT2D eigenvalue weighted by Gasteiger charge is 2.28. The van der Waals surface area contributed by atoms with Crippen LogP contribution in [0.4, 0.5) is 10.2 Å². The maximum atomic E-state index is 13.8. The van der Waals surface area contributed by atoms with Crippen LogP contribution in [0.3, 0.4) is 0 Å². The molecule has 6 heteroatoms. The summed E-state index contributed by atoms with van der Waals surface area (Å²) in [5.74, 6) is 2.38. The van der Waals surface area contributed by atoms with Crippen molar-refractivity contribution in [1.82, 2.24) is 19.9 Å². The van der Waals surface area contributed by atoms with Gasteiger partial charge in [0.2, 0.25) is 0 Å². The molecule has 2 aliphatic rings. The third-order valence-electron chi connectivity index (χ3n) is 5.32. The molecule has 1 saturated carbocycles. The van der Waals surface area contributed by atoms with Crippen LogP contribution in [0.2, 0.25) is 0 Å². The van der Waals surface area contributed by atoms with Crippen molar-refractivity contribution in [3.63, 3.8) is 0 Å². The number of nitrogens with zero attached hydrogens (tertiary/aromatic N) is 5. The fourth-order valence-corrected chi connectivity index (χ4v) is 3.52. The maximum Gasteiger partial charge on any atom is 0.145 e. The lowest BCUT2D eigenvalue weighted by Crippen LogP contribution is -2.43. The monoisotopic (exact) mass is 341 g/mol. The second kappa shape index (κ2) is 7.04. The first-order valence-electron chi connectivity index (χ1n) is 9.07. The van der Waals surface area contributed by atoms with E-state index in [0.717, 1.165) is 43.1 Å². The lowest BCUT2D eigenvalue weighted by atomic mass is 10.0. The van der Waals surface area contributed by atoms with E-state index in [0.29, 0.717) is 18.5 Å². The molecule has 1 aliphatic heterocycles. The summed E-state index contributed by atoms with van der Waals surface area (Å²) in [5.41, 5.74) is 0.728. The molecule has 2 fully saturated rings. The number of likely N-dealkylation sites (tertiary alicyclic amines) is 1. The van der Waals surface area contributed by atoms with Crippen molar-refractivity contribution in [1.29, 1.82) is 0 Å². The van der Waals surface area contributed by atoms with Crippen LogP contribution in [-0.2, 0) is 6.54 Å². The van der Waals surface area contributed by atoms with Gasteiger partial charge in [0.15, 0.2) is 0 Å². The summed E-state index contributed by atoms with van der Waals surface area (Å²) in [5, 5.41) is 0. The molecule has 2 aromatic heterocycles. The zero-order chi connectivity index (χ0) is 17.2. The topological polar surface area (TPSA) is 45.2 Å². The second-order valence-corrected chi connectivity index (χ2v) is 7.13. The third kappa shape index (κ3) is 3.79. The minimum atomic E-state index is -0.213. The van der Waals surface area contributed by atoms with Gasteiger partial charge in [-0.05, 0) is 37.8 Å². The second-order valence-electron chi connectivity index (χ2n) is 7.13. The molecule has 0 N–H and O–H groups in total. The molecule has 3 heterocycles. The maximum absolute atomic E-state index is 13.8. The van der Waals surface area contributed by atoms with E-state index in [1.54, 1.807) is 12.3 Å². The molecule has 4 rings (SSSR count). The van der Waals surface area contributed by atoms with Gasteiger partial charge in [-0.15, -0.1) is 0 Å². The molecule has 1 aliphatic carbocycles. The highest BCUT2D eigenvalue weighted by atomic mass is 19.1. The van der Waals surface area contributed by atoms with Crippen molar-refractivity contribution < 1.29 is 4.39 Å². The standard InChI is InChI=1S/C19H24FN5/c1-24(18-5-9-22-19(23-18)14-2-3-14)16-6-10-25(11-7-16)13-15-4-8-21-12-17(15)20/h4-5,8-9,12,14,16H,2-3,6-7,10-11,13H2,1H3. The van der Waals surface area contributed by atoms with Crippen molar-refractivity contribution >= 4 is 5.82 Å². The summed E-state index contributed by atoms with van der Waals surface area (Å²) < 4.78 is 13.8. The van der Waals surface area contributed by atoms with Gasteiger partial charge in [0.25, 0.3) is 0 Å². The van der Waals surface area contributed by atoms with Crippen molar-refractivity contribution in [2.24, 2.45) is 0 Å². The van der Waals surface area contributed by atoms with E-state index in [9.17, 15) is 4.39 Å². The van der Waals surface area contributed by atoms with Crippen LogP contribution in [0.1, 0.15) is 43.0 Å². The van der Waals surface area contributed by atoms with Gasteiger partial charge in [0, 0.05) is 56.6 Å². The number of piperidine rings is 1.